The normalized spacial score (nSPS) is 13.9. The molecule has 0 radical (unpaired) electrons. The van der Waals surface area contributed by atoms with E-state index in [1.54, 1.807) is 19.1 Å². The SMILES string of the molecule is CCOC(=O)c1ccc2c(c1)N(CC)/C(=C\C=C(C#N)C#N)N2CC. The number of carbonyl (C=O) groups is 1. The van der Waals surface area contributed by atoms with E-state index in [4.69, 9.17) is 15.3 Å². The number of nitrogens with zero attached hydrogens (tertiary/aromatic N) is 4. The van der Waals surface area contributed by atoms with Crippen LogP contribution in [0.25, 0.3) is 0 Å². The zero-order valence-electron chi connectivity index (χ0n) is 14.6. The second-order valence-corrected chi connectivity index (χ2v) is 5.24. The van der Waals surface area contributed by atoms with Crippen LogP contribution in [0.5, 0.6) is 0 Å². The molecule has 2 rings (SSSR count). The van der Waals surface area contributed by atoms with Gasteiger partial charge in [-0.3, -0.25) is 0 Å². The lowest BCUT2D eigenvalue weighted by Crippen LogP contribution is -2.27. The van der Waals surface area contributed by atoms with Gasteiger partial charge in [-0.2, -0.15) is 10.5 Å². The van der Waals surface area contributed by atoms with Crippen molar-refractivity contribution in [3.63, 3.8) is 0 Å². The molecule has 0 bridgehead atoms. The number of allylic oxidation sites excluding steroid dienone is 3. The van der Waals surface area contributed by atoms with Crippen molar-refractivity contribution in [1.82, 2.24) is 0 Å². The first-order valence-electron chi connectivity index (χ1n) is 8.19. The molecule has 1 aliphatic heterocycles. The molecule has 0 aromatic heterocycles. The maximum Gasteiger partial charge on any atom is 0.338 e. The van der Waals surface area contributed by atoms with Crippen molar-refractivity contribution in [3.05, 3.63) is 47.3 Å². The number of hydrogen-bond donors (Lipinski definition) is 0. The Bertz CT molecular complexity index is 796. The predicted octanol–water partition coefficient (Wildman–Crippen LogP) is 3.34. The smallest absolute Gasteiger partial charge is 0.338 e. The van der Waals surface area contributed by atoms with E-state index in [1.807, 2.05) is 43.0 Å². The van der Waals surface area contributed by atoms with Crippen LogP contribution in [0.4, 0.5) is 11.4 Å². The van der Waals surface area contributed by atoms with Gasteiger partial charge in [0.25, 0.3) is 0 Å². The summed E-state index contributed by atoms with van der Waals surface area (Å²) in [6.45, 7) is 7.54. The van der Waals surface area contributed by atoms with Gasteiger partial charge < -0.3 is 14.5 Å². The first-order valence-corrected chi connectivity index (χ1v) is 8.19. The number of anilines is 2. The second kappa shape index (κ2) is 8.03. The minimum atomic E-state index is -0.349. The summed E-state index contributed by atoms with van der Waals surface area (Å²) in [5, 5.41) is 17.8. The lowest BCUT2D eigenvalue weighted by atomic mass is 10.1. The van der Waals surface area contributed by atoms with E-state index in [0.29, 0.717) is 18.7 Å². The van der Waals surface area contributed by atoms with Crippen molar-refractivity contribution in [2.75, 3.05) is 29.5 Å². The molecule has 6 nitrogen and oxygen atoms in total. The van der Waals surface area contributed by atoms with Crippen LogP contribution in [0.2, 0.25) is 0 Å². The van der Waals surface area contributed by atoms with Gasteiger partial charge in [0.2, 0.25) is 0 Å². The fourth-order valence-electron chi connectivity index (χ4n) is 2.80. The monoisotopic (exact) mass is 336 g/mol. The number of fused-ring (bicyclic) bond motifs is 1. The van der Waals surface area contributed by atoms with Crippen molar-refractivity contribution >= 4 is 17.3 Å². The van der Waals surface area contributed by atoms with E-state index in [0.717, 1.165) is 23.7 Å². The van der Waals surface area contributed by atoms with Gasteiger partial charge in [-0.1, -0.05) is 0 Å². The molecule has 0 saturated carbocycles. The number of benzene rings is 1. The topological polar surface area (TPSA) is 80.4 Å². The molecule has 1 aromatic rings. The lowest BCUT2D eigenvalue weighted by molar-refractivity contribution is 0.0526. The average Bonchev–Trinajstić information content (AvgIpc) is 2.94. The second-order valence-electron chi connectivity index (χ2n) is 5.24. The lowest BCUT2D eigenvalue weighted by Gasteiger charge is -2.23. The highest BCUT2D eigenvalue weighted by molar-refractivity contribution is 5.94. The van der Waals surface area contributed by atoms with Crippen LogP contribution in [0, 0.1) is 22.7 Å². The minimum Gasteiger partial charge on any atom is -0.462 e. The summed E-state index contributed by atoms with van der Waals surface area (Å²) in [6.07, 6.45) is 3.28. The third-order valence-electron chi connectivity index (χ3n) is 3.89. The molecule has 0 amide bonds. The van der Waals surface area contributed by atoms with Gasteiger partial charge in [-0.15, -0.1) is 0 Å². The quantitative estimate of drug-likeness (QED) is 0.606. The Labute approximate surface area is 147 Å². The van der Waals surface area contributed by atoms with Crippen LogP contribution in [-0.4, -0.2) is 25.7 Å². The molecule has 25 heavy (non-hydrogen) atoms. The van der Waals surface area contributed by atoms with Crippen molar-refractivity contribution in [2.24, 2.45) is 0 Å². The predicted molar refractivity (Wildman–Crippen MR) is 95.8 cm³/mol. The van der Waals surface area contributed by atoms with Crippen molar-refractivity contribution < 1.29 is 9.53 Å². The molecule has 128 valence electrons. The summed E-state index contributed by atoms with van der Waals surface area (Å²) in [7, 11) is 0. The third kappa shape index (κ3) is 3.49. The third-order valence-corrected chi connectivity index (χ3v) is 3.89. The molecule has 6 heteroatoms. The fourth-order valence-corrected chi connectivity index (χ4v) is 2.80. The molecule has 1 aliphatic rings. The largest absolute Gasteiger partial charge is 0.462 e. The van der Waals surface area contributed by atoms with Gasteiger partial charge in [0.1, 0.15) is 23.5 Å². The van der Waals surface area contributed by atoms with Crippen LogP contribution in [0.3, 0.4) is 0 Å². The summed E-state index contributed by atoms with van der Waals surface area (Å²) in [4.78, 5) is 16.1. The van der Waals surface area contributed by atoms with Crippen molar-refractivity contribution in [3.8, 4) is 12.1 Å². The van der Waals surface area contributed by atoms with Crippen LogP contribution < -0.4 is 9.80 Å². The highest BCUT2D eigenvalue weighted by Gasteiger charge is 2.30. The zero-order chi connectivity index (χ0) is 18.4. The number of nitriles is 2. The first kappa shape index (κ1) is 18.1. The van der Waals surface area contributed by atoms with Gasteiger partial charge in [0, 0.05) is 13.1 Å². The molecule has 0 atom stereocenters. The molecule has 0 fully saturated rings. The van der Waals surface area contributed by atoms with Gasteiger partial charge in [-0.25, -0.2) is 4.79 Å². The van der Waals surface area contributed by atoms with E-state index in [2.05, 4.69) is 4.90 Å². The van der Waals surface area contributed by atoms with Gasteiger partial charge in [-0.05, 0) is 51.1 Å². The Hall–Kier alpha value is -3.25. The molecular formula is C19H20N4O2. The fraction of sp³-hybridized carbons (Fsp3) is 0.316. The molecule has 0 unspecified atom stereocenters. The molecule has 1 aromatic carbocycles. The number of esters is 1. The first-order chi connectivity index (χ1) is 12.1. The summed E-state index contributed by atoms with van der Waals surface area (Å²) in [6, 6.07) is 9.18. The minimum absolute atomic E-state index is 0.0442. The summed E-state index contributed by atoms with van der Waals surface area (Å²) in [5.74, 6) is 0.516. The summed E-state index contributed by atoms with van der Waals surface area (Å²) < 4.78 is 5.08. The standard InChI is InChI=1S/C19H20N4O2/c1-4-22-16-9-8-15(19(24)25-6-3)11-17(16)23(5-2)18(22)10-7-14(12-20)13-21/h7-11H,4-6H2,1-3H3/b18-10-. The summed E-state index contributed by atoms with van der Waals surface area (Å²) >= 11 is 0. The van der Waals surface area contributed by atoms with Crippen molar-refractivity contribution in [2.45, 2.75) is 20.8 Å². The van der Waals surface area contributed by atoms with E-state index in [9.17, 15) is 4.79 Å². The summed E-state index contributed by atoms with van der Waals surface area (Å²) in [5.41, 5.74) is 2.43. The molecule has 0 aliphatic carbocycles. The van der Waals surface area contributed by atoms with Gasteiger partial charge in [0.15, 0.2) is 0 Å². The van der Waals surface area contributed by atoms with Crippen molar-refractivity contribution in [1.29, 1.82) is 10.5 Å². The van der Waals surface area contributed by atoms with Crippen LogP contribution in [-0.2, 0) is 4.74 Å². The average molecular weight is 336 g/mol. The highest BCUT2D eigenvalue weighted by atomic mass is 16.5. The number of rotatable bonds is 5. The Morgan fingerprint density at radius 1 is 1.12 bits per heavy atom. The molecule has 1 heterocycles. The Balaban J connectivity index is 2.51. The van der Waals surface area contributed by atoms with E-state index in [1.165, 1.54) is 6.08 Å². The van der Waals surface area contributed by atoms with Crippen LogP contribution >= 0.6 is 0 Å². The maximum atomic E-state index is 12.0. The molecular weight excluding hydrogens is 316 g/mol. The number of carbonyl (C=O) groups excluding carboxylic acids is 1. The number of hydrogen-bond acceptors (Lipinski definition) is 6. The zero-order valence-corrected chi connectivity index (χ0v) is 14.6. The maximum absolute atomic E-state index is 12.0. The highest BCUT2D eigenvalue weighted by Crippen LogP contribution is 2.42. The van der Waals surface area contributed by atoms with E-state index < -0.39 is 0 Å². The molecule has 0 N–H and O–H groups in total. The number of ether oxygens (including phenoxy) is 1. The molecule has 0 spiro atoms. The van der Waals surface area contributed by atoms with Crippen LogP contribution in [0.15, 0.2) is 41.7 Å². The Kier molecular flexibility index (Phi) is 5.81. The van der Waals surface area contributed by atoms with Gasteiger partial charge >= 0.3 is 5.97 Å². The Morgan fingerprint density at radius 2 is 1.76 bits per heavy atom. The van der Waals surface area contributed by atoms with Gasteiger partial charge in [0.05, 0.1) is 23.5 Å². The Morgan fingerprint density at radius 3 is 2.32 bits per heavy atom. The molecule has 0 saturated heterocycles. The van der Waals surface area contributed by atoms with E-state index >= 15 is 0 Å². The van der Waals surface area contributed by atoms with Crippen LogP contribution in [0.1, 0.15) is 31.1 Å². The van der Waals surface area contributed by atoms with E-state index in [-0.39, 0.29) is 11.5 Å².